The molecule has 0 aliphatic carbocycles. The van der Waals surface area contributed by atoms with Gasteiger partial charge in [-0.2, -0.15) is 5.26 Å². The molecule has 0 radical (unpaired) electrons. The molecule has 188 valence electrons. The predicted molar refractivity (Wildman–Crippen MR) is 147 cm³/mol. The molecule has 8 nitrogen and oxygen atoms in total. The molecular weight excluding hydrogens is 476 g/mol. The van der Waals surface area contributed by atoms with Crippen molar-refractivity contribution in [1.29, 1.82) is 5.26 Å². The Kier molecular flexibility index (Phi) is 7.72. The summed E-state index contributed by atoms with van der Waals surface area (Å²) in [5.41, 5.74) is 13.7. The summed E-state index contributed by atoms with van der Waals surface area (Å²) >= 11 is 0. The summed E-state index contributed by atoms with van der Waals surface area (Å²) in [6.45, 7) is 5.51. The largest absolute Gasteiger partial charge is 0.443 e. The van der Waals surface area contributed by atoms with Crippen molar-refractivity contribution < 1.29 is 9.53 Å². The van der Waals surface area contributed by atoms with Crippen LogP contribution < -0.4 is 4.90 Å². The average molecular weight is 503 g/mol. The van der Waals surface area contributed by atoms with Gasteiger partial charge in [-0.15, -0.1) is 0 Å². The van der Waals surface area contributed by atoms with Crippen molar-refractivity contribution in [3.63, 3.8) is 0 Å². The maximum atomic E-state index is 13.4. The minimum Gasteiger partial charge on any atom is -0.443 e. The number of pyridine rings is 1. The van der Waals surface area contributed by atoms with Crippen LogP contribution in [0, 0.1) is 11.3 Å². The number of nitriles is 1. The van der Waals surface area contributed by atoms with Crippen molar-refractivity contribution in [2.75, 3.05) is 4.90 Å². The summed E-state index contributed by atoms with van der Waals surface area (Å²) in [5, 5.41) is 13.4. The third kappa shape index (κ3) is 5.98. The van der Waals surface area contributed by atoms with Crippen molar-refractivity contribution >= 4 is 17.5 Å². The summed E-state index contributed by atoms with van der Waals surface area (Å²) in [6, 6.07) is 26.6. The van der Waals surface area contributed by atoms with Gasteiger partial charge in [0, 0.05) is 16.7 Å². The Balaban J connectivity index is 1.77. The molecule has 0 saturated carbocycles. The average Bonchev–Trinajstić information content (AvgIpc) is 2.92. The number of ether oxygens (including phenoxy) is 1. The van der Waals surface area contributed by atoms with Gasteiger partial charge < -0.3 is 4.74 Å². The van der Waals surface area contributed by atoms with Crippen LogP contribution in [0.5, 0.6) is 0 Å². The molecule has 38 heavy (non-hydrogen) atoms. The highest BCUT2D eigenvalue weighted by molar-refractivity contribution is 5.95. The number of amides is 1. The highest BCUT2D eigenvalue weighted by atomic mass is 16.6. The first-order chi connectivity index (χ1) is 18.3. The van der Waals surface area contributed by atoms with E-state index in [-0.39, 0.29) is 12.2 Å². The number of carbonyl (C=O) groups is 1. The van der Waals surface area contributed by atoms with Gasteiger partial charge in [0.15, 0.2) is 0 Å². The maximum Gasteiger partial charge on any atom is 0.415 e. The molecule has 0 fully saturated rings. The minimum atomic E-state index is -0.747. The molecule has 0 N–H and O–H groups in total. The number of hydrogen-bond donors (Lipinski definition) is 0. The maximum absolute atomic E-state index is 13.4. The van der Waals surface area contributed by atoms with Crippen LogP contribution in [0.1, 0.15) is 31.9 Å². The first-order valence-corrected chi connectivity index (χ1v) is 12.0. The molecule has 4 aromatic rings. The van der Waals surface area contributed by atoms with E-state index in [0.29, 0.717) is 16.8 Å². The highest BCUT2D eigenvalue weighted by Gasteiger charge is 2.27. The van der Waals surface area contributed by atoms with E-state index in [2.05, 4.69) is 21.1 Å². The standard InChI is InChI=1S/C30H26N6O2/c1-30(2,3)38-29(37)36(20-21-13-15-23(16-14-21)25-12-8-7-11-24(25)17-31)27-19-33-18-26(28(27)34-35-32)22-9-5-4-6-10-22/h4-16,18-19H,20H2,1-3H3. The van der Waals surface area contributed by atoms with Gasteiger partial charge in [0.25, 0.3) is 0 Å². The van der Waals surface area contributed by atoms with E-state index < -0.39 is 11.7 Å². The molecule has 0 saturated heterocycles. The lowest BCUT2D eigenvalue weighted by Crippen LogP contribution is -2.36. The molecule has 3 aromatic carbocycles. The van der Waals surface area contributed by atoms with E-state index in [4.69, 9.17) is 4.74 Å². The van der Waals surface area contributed by atoms with Gasteiger partial charge in [0.05, 0.1) is 35.7 Å². The lowest BCUT2D eigenvalue weighted by Gasteiger charge is -2.28. The smallest absolute Gasteiger partial charge is 0.415 e. The van der Waals surface area contributed by atoms with Crippen LogP contribution in [0.4, 0.5) is 16.2 Å². The molecule has 1 heterocycles. The van der Waals surface area contributed by atoms with Gasteiger partial charge in [-0.1, -0.05) is 77.9 Å². The molecule has 0 unspecified atom stereocenters. The van der Waals surface area contributed by atoms with Gasteiger partial charge in [0.2, 0.25) is 0 Å². The number of azide groups is 1. The van der Waals surface area contributed by atoms with E-state index in [1.807, 2.05) is 72.8 Å². The lowest BCUT2D eigenvalue weighted by atomic mass is 9.99. The summed E-state index contributed by atoms with van der Waals surface area (Å²) in [4.78, 5) is 22.3. The Labute approximate surface area is 221 Å². The number of nitrogens with zero attached hydrogens (tertiary/aromatic N) is 6. The topological polar surface area (TPSA) is 115 Å². The van der Waals surface area contributed by atoms with Crippen LogP contribution in [-0.2, 0) is 11.3 Å². The van der Waals surface area contributed by atoms with Crippen molar-refractivity contribution in [1.82, 2.24) is 4.98 Å². The Hall–Kier alpha value is -5.12. The Bertz CT molecular complexity index is 1530. The second-order valence-corrected chi connectivity index (χ2v) is 9.53. The first-order valence-electron chi connectivity index (χ1n) is 12.0. The molecule has 1 amide bonds. The van der Waals surface area contributed by atoms with E-state index >= 15 is 0 Å². The van der Waals surface area contributed by atoms with Crippen molar-refractivity contribution in [2.24, 2.45) is 5.11 Å². The summed E-state index contributed by atoms with van der Waals surface area (Å²) in [7, 11) is 0. The first kappa shape index (κ1) is 26.0. The van der Waals surface area contributed by atoms with Crippen LogP contribution in [0.15, 0.2) is 96.4 Å². The number of hydrogen-bond acceptors (Lipinski definition) is 5. The number of carbonyl (C=O) groups excluding carboxylic acids is 1. The molecular formula is C30H26N6O2. The molecule has 4 rings (SSSR count). The van der Waals surface area contributed by atoms with Gasteiger partial charge in [0.1, 0.15) is 5.60 Å². The summed E-state index contributed by atoms with van der Waals surface area (Å²) in [6.07, 6.45) is 2.51. The third-order valence-corrected chi connectivity index (χ3v) is 5.69. The number of rotatable bonds is 6. The van der Waals surface area contributed by atoms with Gasteiger partial charge in [-0.25, -0.2) is 4.79 Å². The fraction of sp³-hybridized carbons (Fsp3) is 0.167. The zero-order chi connectivity index (χ0) is 27.1. The van der Waals surface area contributed by atoms with Crippen LogP contribution >= 0.6 is 0 Å². The SMILES string of the molecule is CC(C)(C)OC(=O)N(Cc1ccc(-c2ccccc2C#N)cc1)c1cncc(-c2ccccc2)c1N=[N+]=[N-]. The molecule has 1 aromatic heterocycles. The minimum absolute atomic E-state index is 0.142. The van der Waals surface area contributed by atoms with Crippen LogP contribution in [0.3, 0.4) is 0 Å². The van der Waals surface area contributed by atoms with E-state index in [1.165, 1.54) is 11.1 Å². The van der Waals surface area contributed by atoms with Gasteiger partial charge in [-0.05, 0) is 54.6 Å². The lowest BCUT2D eigenvalue weighted by molar-refractivity contribution is 0.0577. The van der Waals surface area contributed by atoms with Crippen LogP contribution in [0.2, 0.25) is 0 Å². The highest BCUT2D eigenvalue weighted by Crippen LogP contribution is 2.39. The van der Waals surface area contributed by atoms with E-state index in [1.54, 1.807) is 33.0 Å². The molecule has 0 aliphatic rings. The Morgan fingerprint density at radius 1 is 0.974 bits per heavy atom. The molecule has 8 heteroatoms. The van der Waals surface area contributed by atoms with E-state index in [9.17, 15) is 15.6 Å². The third-order valence-electron chi connectivity index (χ3n) is 5.69. The van der Waals surface area contributed by atoms with Crippen LogP contribution in [0.25, 0.3) is 32.7 Å². The van der Waals surface area contributed by atoms with Gasteiger partial charge >= 0.3 is 6.09 Å². The van der Waals surface area contributed by atoms with Crippen molar-refractivity contribution in [3.8, 4) is 28.3 Å². The van der Waals surface area contributed by atoms with Crippen molar-refractivity contribution in [3.05, 3.63) is 113 Å². The second-order valence-electron chi connectivity index (χ2n) is 9.53. The molecule has 0 spiro atoms. The Morgan fingerprint density at radius 3 is 2.29 bits per heavy atom. The summed E-state index contributed by atoms with van der Waals surface area (Å²) in [5.74, 6) is 0. The van der Waals surface area contributed by atoms with Gasteiger partial charge in [-0.3, -0.25) is 9.88 Å². The zero-order valence-electron chi connectivity index (χ0n) is 21.4. The number of benzene rings is 3. The molecule has 0 aliphatic heterocycles. The fourth-order valence-electron chi connectivity index (χ4n) is 3.99. The fourth-order valence-corrected chi connectivity index (χ4v) is 3.99. The molecule has 0 bridgehead atoms. The predicted octanol–water partition coefficient (Wildman–Crippen LogP) is 8.17. The monoisotopic (exact) mass is 502 g/mol. The number of anilines is 1. The Morgan fingerprint density at radius 2 is 1.63 bits per heavy atom. The normalized spacial score (nSPS) is 10.7. The summed E-state index contributed by atoms with van der Waals surface area (Å²) < 4.78 is 5.72. The second kappa shape index (κ2) is 11.3. The van der Waals surface area contributed by atoms with Crippen molar-refractivity contribution in [2.45, 2.75) is 32.9 Å². The molecule has 0 atom stereocenters. The van der Waals surface area contributed by atoms with Crippen LogP contribution in [-0.4, -0.2) is 16.7 Å². The zero-order valence-corrected chi connectivity index (χ0v) is 21.4. The quantitative estimate of drug-likeness (QED) is 0.150. The number of aromatic nitrogens is 1. The van der Waals surface area contributed by atoms with E-state index in [0.717, 1.165) is 22.3 Å².